The topological polar surface area (TPSA) is 29.5 Å². The zero-order valence-corrected chi connectivity index (χ0v) is 15.3. The second-order valence-corrected chi connectivity index (χ2v) is 9.13. The fourth-order valence-electron chi connectivity index (χ4n) is 6.08. The Morgan fingerprint density at radius 2 is 1.54 bits per heavy atom. The highest BCUT2D eigenvalue weighted by molar-refractivity contribution is 5.15. The lowest BCUT2D eigenvalue weighted by Gasteiger charge is -2.40. The van der Waals surface area contributed by atoms with E-state index in [0.717, 1.165) is 0 Å². The van der Waals surface area contributed by atoms with E-state index in [9.17, 15) is 31.4 Å². The summed E-state index contributed by atoms with van der Waals surface area (Å²) < 4.78 is 83.8. The van der Waals surface area contributed by atoms with Gasteiger partial charge >= 0.3 is 12.4 Å². The van der Waals surface area contributed by atoms with Crippen molar-refractivity contribution in [3.8, 4) is 0 Å². The Kier molecular flexibility index (Phi) is 4.48. The maximum atomic E-state index is 13.0. The number of aliphatic hydroxyl groups is 1. The zero-order chi connectivity index (χ0) is 19.9. The zero-order valence-electron chi connectivity index (χ0n) is 15.3. The summed E-state index contributed by atoms with van der Waals surface area (Å²) in [5.41, 5.74) is -4.53. The van der Waals surface area contributed by atoms with Gasteiger partial charge in [-0.05, 0) is 60.2 Å². The fourth-order valence-corrected chi connectivity index (χ4v) is 6.08. The number of hydrogen-bond acceptors (Lipinski definition) is 2. The quantitative estimate of drug-likeness (QED) is 0.701. The molecule has 2 nitrogen and oxygen atoms in total. The van der Waals surface area contributed by atoms with Gasteiger partial charge in [0.2, 0.25) is 0 Å². The molecule has 0 saturated heterocycles. The molecule has 0 heterocycles. The first kappa shape index (κ1) is 20.2. The molecule has 1 N–H and O–H groups in total. The minimum atomic E-state index is -5.75. The number of halogens is 6. The van der Waals surface area contributed by atoms with Crippen LogP contribution in [0, 0.1) is 40.9 Å². The van der Waals surface area contributed by atoms with Gasteiger partial charge in [0, 0.05) is 7.11 Å². The van der Waals surface area contributed by atoms with Gasteiger partial charge in [0.15, 0.2) is 0 Å². The number of rotatable bonds is 4. The van der Waals surface area contributed by atoms with Crippen LogP contribution >= 0.6 is 0 Å². The summed E-state index contributed by atoms with van der Waals surface area (Å²) in [5.74, 6) is -0.120. The van der Waals surface area contributed by atoms with Crippen molar-refractivity contribution >= 4 is 0 Å². The molecule has 0 spiro atoms. The van der Waals surface area contributed by atoms with Crippen LogP contribution in [0.3, 0.4) is 0 Å². The molecule has 0 aromatic rings. The van der Waals surface area contributed by atoms with E-state index in [0.29, 0.717) is 24.7 Å². The molecular weight excluding hydrogens is 362 g/mol. The maximum absolute atomic E-state index is 13.0. The smallest absolute Gasteiger partial charge is 0.381 e. The maximum Gasteiger partial charge on any atom is 0.426 e. The Morgan fingerprint density at radius 1 is 1.04 bits per heavy atom. The average Bonchev–Trinajstić information content (AvgIpc) is 2.83. The van der Waals surface area contributed by atoms with Gasteiger partial charge in [0.1, 0.15) is 0 Å². The van der Waals surface area contributed by atoms with Crippen molar-refractivity contribution in [2.45, 2.75) is 64.1 Å². The predicted molar refractivity (Wildman–Crippen MR) is 82.1 cm³/mol. The van der Waals surface area contributed by atoms with Crippen LogP contribution in [0.1, 0.15) is 40.0 Å². The van der Waals surface area contributed by atoms with E-state index in [4.69, 9.17) is 4.74 Å². The Bertz CT molecular complexity index is 541. The summed E-state index contributed by atoms with van der Waals surface area (Å²) in [4.78, 5) is 0. The van der Waals surface area contributed by atoms with E-state index in [1.807, 2.05) is 0 Å². The summed E-state index contributed by atoms with van der Waals surface area (Å²) >= 11 is 0. The van der Waals surface area contributed by atoms with Crippen molar-refractivity contribution in [1.82, 2.24) is 0 Å². The Balaban J connectivity index is 1.80. The molecule has 3 saturated carbocycles. The molecule has 26 heavy (non-hydrogen) atoms. The SMILES string of the molecule is COC1C2CC(CC2CC(O)(C(F)(F)F)C(F)(F)F)C1C1C(C)C1(C)C. The molecule has 0 aromatic carbocycles. The molecule has 3 rings (SSSR count). The molecule has 0 amide bonds. The lowest BCUT2D eigenvalue weighted by Crippen LogP contribution is -2.58. The van der Waals surface area contributed by atoms with Gasteiger partial charge in [-0.15, -0.1) is 0 Å². The normalized spacial score (nSPS) is 42.3. The van der Waals surface area contributed by atoms with Crippen LogP contribution in [-0.4, -0.2) is 36.3 Å². The first-order chi connectivity index (χ1) is 11.7. The summed E-state index contributed by atoms with van der Waals surface area (Å²) in [5, 5.41) is 9.55. The molecule has 2 bridgehead atoms. The van der Waals surface area contributed by atoms with Gasteiger partial charge in [-0.25, -0.2) is 0 Å². The van der Waals surface area contributed by atoms with Gasteiger partial charge < -0.3 is 9.84 Å². The average molecular weight is 388 g/mol. The minimum absolute atomic E-state index is 0.0647. The van der Waals surface area contributed by atoms with Gasteiger partial charge in [-0.2, -0.15) is 26.3 Å². The third-order valence-electron chi connectivity index (χ3n) is 7.78. The lowest BCUT2D eigenvalue weighted by molar-refractivity contribution is -0.373. The van der Waals surface area contributed by atoms with Crippen molar-refractivity contribution in [1.29, 1.82) is 0 Å². The van der Waals surface area contributed by atoms with Crippen LogP contribution in [0.2, 0.25) is 0 Å². The van der Waals surface area contributed by atoms with Crippen LogP contribution in [0.4, 0.5) is 26.3 Å². The van der Waals surface area contributed by atoms with Gasteiger partial charge in [0.05, 0.1) is 6.10 Å². The number of methoxy groups -OCH3 is 1. The first-order valence-corrected chi connectivity index (χ1v) is 9.05. The highest BCUT2D eigenvalue weighted by atomic mass is 19.4. The highest BCUT2D eigenvalue weighted by Crippen LogP contribution is 2.69. The minimum Gasteiger partial charge on any atom is -0.381 e. The van der Waals surface area contributed by atoms with Gasteiger partial charge in [-0.1, -0.05) is 20.8 Å². The largest absolute Gasteiger partial charge is 0.426 e. The third-order valence-corrected chi connectivity index (χ3v) is 7.78. The molecule has 152 valence electrons. The van der Waals surface area contributed by atoms with Crippen LogP contribution in [0.5, 0.6) is 0 Å². The van der Waals surface area contributed by atoms with E-state index in [2.05, 4.69) is 20.8 Å². The van der Waals surface area contributed by atoms with Crippen molar-refractivity contribution in [3.63, 3.8) is 0 Å². The van der Waals surface area contributed by atoms with Crippen LogP contribution in [0.15, 0.2) is 0 Å². The van der Waals surface area contributed by atoms with Crippen molar-refractivity contribution in [2.75, 3.05) is 7.11 Å². The number of hydrogen-bond donors (Lipinski definition) is 1. The fraction of sp³-hybridized carbons (Fsp3) is 1.00. The second-order valence-electron chi connectivity index (χ2n) is 9.13. The van der Waals surface area contributed by atoms with Crippen LogP contribution in [-0.2, 0) is 4.74 Å². The van der Waals surface area contributed by atoms with E-state index >= 15 is 0 Å². The second kappa shape index (κ2) is 5.75. The first-order valence-electron chi connectivity index (χ1n) is 9.05. The number of ether oxygens (including phenoxy) is 1. The summed E-state index contributed by atoms with van der Waals surface area (Å²) in [6.45, 7) is 6.42. The van der Waals surface area contributed by atoms with E-state index in [1.54, 1.807) is 0 Å². The Labute approximate surface area is 149 Å². The van der Waals surface area contributed by atoms with Crippen LogP contribution in [0.25, 0.3) is 0 Å². The Hall–Kier alpha value is -0.500. The van der Waals surface area contributed by atoms with Gasteiger partial charge in [0.25, 0.3) is 5.60 Å². The number of fused-ring (bicyclic) bond motifs is 2. The summed E-state index contributed by atoms with van der Waals surface area (Å²) in [6.07, 6.45) is -12.3. The molecule has 3 fully saturated rings. The predicted octanol–water partition coefficient (Wildman–Crippen LogP) is 4.81. The van der Waals surface area contributed by atoms with E-state index in [-0.39, 0.29) is 29.3 Å². The van der Waals surface area contributed by atoms with Crippen molar-refractivity contribution in [3.05, 3.63) is 0 Å². The lowest BCUT2D eigenvalue weighted by atomic mass is 9.72. The number of alkyl halides is 6. The molecule has 0 aromatic heterocycles. The molecular formula is C18H26F6O2. The highest BCUT2D eigenvalue weighted by Gasteiger charge is 2.73. The molecule has 7 atom stereocenters. The molecule has 0 aliphatic heterocycles. The molecule has 7 unspecified atom stereocenters. The van der Waals surface area contributed by atoms with E-state index in [1.165, 1.54) is 7.11 Å². The molecule has 3 aliphatic carbocycles. The summed E-state index contributed by atoms with van der Waals surface area (Å²) in [7, 11) is 1.48. The van der Waals surface area contributed by atoms with E-state index < -0.39 is 30.3 Å². The van der Waals surface area contributed by atoms with Crippen molar-refractivity contribution < 1.29 is 36.2 Å². The molecule has 0 radical (unpaired) electrons. The molecule has 3 aliphatic rings. The monoisotopic (exact) mass is 388 g/mol. The molecule has 8 heteroatoms. The third kappa shape index (κ3) is 2.69. The Morgan fingerprint density at radius 3 is 1.92 bits per heavy atom. The van der Waals surface area contributed by atoms with Crippen LogP contribution < -0.4 is 0 Å². The standard InChI is InChI=1S/C18H26F6O2/c1-8-13(15(8,2)3)12-9-5-10(11(6-9)14(12)26-4)7-16(25,17(19,20)21)18(22,23)24/h8-14,25H,5-7H2,1-4H3. The van der Waals surface area contributed by atoms with Gasteiger partial charge in [-0.3, -0.25) is 0 Å². The summed E-state index contributed by atoms with van der Waals surface area (Å²) in [6, 6.07) is 0. The van der Waals surface area contributed by atoms with Crippen molar-refractivity contribution in [2.24, 2.45) is 40.9 Å².